The van der Waals surface area contributed by atoms with Gasteiger partial charge in [0.05, 0.1) is 11.9 Å². The van der Waals surface area contributed by atoms with E-state index in [0.717, 1.165) is 16.1 Å². The molecule has 1 atom stereocenters. The third-order valence-electron chi connectivity index (χ3n) is 3.46. The second-order valence-corrected chi connectivity index (χ2v) is 5.64. The molecule has 3 heteroatoms. The van der Waals surface area contributed by atoms with Gasteiger partial charge in [0.1, 0.15) is 0 Å². The number of pyridine rings is 1. The van der Waals surface area contributed by atoms with Crippen molar-refractivity contribution < 1.29 is 0 Å². The summed E-state index contributed by atoms with van der Waals surface area (Å²) in [7, 11) is 0. The zero-order chi connectivity index (χ0) is 11.4. The molecule has 0 radical (unpaired) electrons. The molecular weight excluding hydrogens is 264 g/mol. The van der Waals surface area contributed by atoms with E-state index in [1.165, 1.54) is 32.1 Å². The Labute approximate surface area is 106 Å². The van der Waals surface area contributed by atoms with Crippen LogP contribution in [-0.2, 0) is 0 Å². The van der Waals surface area contributed by atoms with Gasteiger partial charge in [0.15, 0.2) is 0 Å². The number of aromatic nitrogens is 1. The van der Waals surface area contributed by atoms with Crippen LogP contribution in [0.3, 0.4) is 0 Å². The molecule has 1 aliphatic rings. The number of nitrogens with zero attached hydrogens (tertiary/aromatic N) is 1. The Morgan fingerprint density at radius 3 is 2.75 bits per heavy atom. The van der Waals surface area contributed by atoms with Crippen molar-refractivity contribution in [3.63, 3.8) is 0 Å². The van der Waals surface area contributed by atoms with Crippen molar-refractivity contribution in [1.82, 2.24) is 4.98 Å². The Balaban J connectivity index is 1.93. The monoisotopic (exact) mass is 282 g/mol. The van der Waals surface area contributed by atoms with E-state index in [2.05, 4.69) is 39.2 Å². The van der Waals surface area contributed by atoms with Crippen molar-refractivity contribution in [3.05, 3.63) is 22.9 Å². The van der Waals surface area contributed by atoms with E-state index in [-0.39, 0.29) is 0 Å². The lowest BCUT2D eigenvalue weighted by Gasteiger charge is -2.28. The van der Waals surface area contributed by atoms with Crippen LogP contribution in [0.4, 0.5) is 5.69 Å². The van der Waals surface area contributed by atoms with Gasteiger partial charge in [-0.1, -0.05) is 19.3 Å². The number of hydrogen-bond donors (Lipinski definition) is 1. The molecule has 2 rings (SSSR count). The predicted octanol–water partition coefficient (Wildman–Crippen LogP) is 4.22. The van der Waals surface area contributed by atoms with Crippen LogP contribution in [0.5, 0.6) is 0 Å². The Kier molecular flexibility index (Phi) is 4.22. The maximum absolute atomic E-state index is 4.17. The van der Waals surface area contributed by atoms with Gasteiger partial charge in [0, 0.05) is 16.7 Å². The van der Waals surface area contributed by atoms with Crippen molar-refractivity contribution in [3.8, 4) is 0 Å². The fourth-order valence-corrected chi connectivity index (χ4v) is 2.87. The van der Waals surface area contributed by atoms with Gasteiger partial charge in [-0.25, -0.2) is 0 Å². The van der Waals surface area contributed by atoms with Gasteiger partial charge in [-0.2, -0.15) is 0 Å². The molecule has 1 aromatic rings. The van der Waals surface area contributed by atoms with Crippen molar-refractivity contribution >= 4 is 21.6 Å². The SMILES string of the molecule is CC(Nc1cncc(Br)c1)C1CCCCC1. The van der Waals surface area contributed by atoms with E-state index >= 15 is 0 Å². The Morgan fingerprint density at radius 2 is 2.06 bits per heavy atom. The Hall–Kier alpha value is -0.570. The molecule has 0 aliphatic heterocycles. The summed E-state index contributed by atoms with van der Waals surface area (Å²) in [5.74, 6) is 0.827. The first kappa shape index (κ1) is 11.9. The fourth-order valence-electron chi connectivity index (χ4n) is 2.51. The zero-order valence-electron chi connectivity index (χ0n) is 9.75. The highest BCUT2D eigenvalue weighted by Crippen LogP contribution is 2.28. The molecule has 1 aliphatic carbocycles. The molecule has 1 saturated carbocycles. The van der Waals surface area contributed by atoms with E-state index in [1.807, 2.05) is 12.4 Å². The number of anilines is 1. The molecule has 16 heavy (non-hydrogen) atoms. The third kappa shape index (κ3) is 3.21. The van der Waals surface area contributed by atoms with Gasteiger partial charge >= 0.3 is 0 Å². The first-order valence-corrected chi connectivity index (χ1v) is 6.92. The quantitative estimate of drug-likeness (QED) is 0.898. The van der Waals surface area contributed by atoms with Crippen LogP contribution < -0.4 is 5.32 Å². The van der Waals surface area contributed by atoms with E-state index < -0.39 is 0 Å². The summed E-state index contributed by atoms with van der Waals surface area (Å²) < 4.78 is 1.04. The molecule has 1 unspecified atom stereocenters. The van der Waals surface area contributed by atoms with Crippen LogP contribution in [0.2, 0.25) is 0 Å². The van der Waals surface area contributed by atoms with Crippen LogP contribution in [0.15, 0.2) is 22.9 Å². The highest BCUT2D eigenvalue weighted by molar-refractivity contribution is 9.10. The lowest BCUT2D eigenvalue weighted by atomic mass is 9.84. The topological polar surface area (TPSA) is 24.9 Å². The highest BCUT2D eigenvalue weighted by Gasteiger charge is 2.19. The van der Waals surface area contributed by atoms with Crippen molar-refractivity contribution in [2.45, 2.75) is 45.1 Å². The summed E-state index contributed by atoms with van der Waals surface area (Å²) in [6.45, 7) is 2.29. The average Bonchev–Trinajstić information content (AvgIpc) is 2.30. The number of hydrogen-bond acceptors (Lipinski definition) is 2. The smallest absolute Gasteiger partial charge is 0.0540 e. The average molecular weight is 283 g/mol. The molecule has 0 spiro atoms. The zero-order valence-corrected chi connectivity index (χ0v) is 11.3. The van der Waals surface area contributed by atoms with Crippen LogP contribution in [0.25, 0.3) is 0 Å². The lowest BCUT2D eigenvalue weighted by molar-refractivity contribution is 0.328. The number of nitrogens with one attached hydrogen (secondary N) is 1. The second-order valence-electron chi connectivity index (χ2n) is 4.72. The molecule has 1 heterocycles. The van der Waals surface area contributed by atoms with Crippen molar-refractivity contribution in [2.24, 2.45) is 5.92 Å². The van der Waals surface area contributed by atoms with Gasteiger partial charge in [0.2, 0.25) is 0 Å². The second kappa shape index (κ2) is 5.67. The van der Waals surface area contributed by atoms with E-state index in [4.69, 9.17) is 0 Å². The minimum absolute atomic E-state index is 0.552. The Morgan fingerprint density at radius 1 is 1.31 bits per heavy atom. The van der Waals surface area contributed by atoms with E-state index in [1.54, 1.807) is 0 Å². The van der Waals surface area contributed by atoms with Gasteiger partial charge in [-0.3, -0.25) is 4.98 Å². The number of halogens is 1. The number of rotatable bonds is 3. The van der Waals surface area contributed by atoms with E-state index in [9.17, 15) is 0 Å². The largest absolute Gasteiger partial charge is 0.381 e. The lowest BCUT2D eigenvalue weighted by Crippen LogP contribution is -2.27. The summed E-state index contributed by atoms with van der Waals surface area (Å²) in [4.78, 5) is 4.17. The van der Waals surface area contributed by atoms with Gasteiger partial charge in [-0.05, 0) is 47.7 Å². The molecule has 0 saturated heterocycles. The summed E-state index contributed by atoms with van der Waals surface area (Å²) >= 11 is 3.45. The maximum Gasteiger partial charge on any atom is 0.0540 e. The van der Waals surface area contributed by atoms with Gasteiger partial charge in [-0.15, -0.1) is 0 Å². The van der Waals surface area contributed by atoms with Crippen LogP contribution in [-0.4, -0.2) is 11.0 Å². The molecule has 0 bridgehead atoms. The molecule has 1 aromatic heterocycles. The molecular formula is C13H19BrN2. The molecule has 1 fully saturated rings. The highest BCUT2D eigenvalue weighted by atomic mass is 79.9. The third-order valence-corrected chi connectivity index (χ3v) is 3.89. The molecule has 0 aromatic carbocycles. The van der Waals surface area contributed by atoms with Gasteiger partial charge in [0.25, 0.3) is 0 Å². The molecule has 0 amide bonds. The maximum atomic E-state index is 4.17. The summed E-state index contributed by atoms with van der Waals surface area (Å²) in [6, 6.07) is 2.64. The fraction of sp³-hybridized carbons (Fsp3) is 0.615. The first-order chi connectivity index (χ1) is 7.75. The predicted molar refractivity (Wildman–Crippen MR) is 71.6 cm³/mol. The normalized spacial score (nSPS) is 19.4. The summed E-state index contributed by atoms with van der Waals surface area (Å²) in [5.41, 5.74) is 1.12. The van der Waals surface area contributed by atoms with Crippen LogP contribution in [0, 0.1) is 5.92 Å². The summed E-state index contributed by atoms with van der Waals surface area (Å²) in [6.07, 6.45) is 10.7. The molecule has 88 valence electrons. The Bertz CT molecular complexity index is 334. The van der Waals surface area contributed by atoms with Crippen LogP contribution >= 0.6 is 15.9 Å². The minimum Gasteiger partial charge on any atom is -0.381 e. The van der Waals surface area contributed by atoms with Gasteiger partial charge < -0.3 is 5.32 Å². The molecule has 1 N–H and O–H groups in total. The van der Waals surface area contributed by atoms with Crippen LogP contribution in [0.1, 0.15) is 39.0 Å². The first-order valence-electron chi connectivity index (χ1n) is 6.13. The van der Waals surface area contributed by atoms with E-state index in [0.29, 0.717) is 6.04 Å². The molecule has 2 nitrogen and oxygen atoms in total. The van der Waals surface area contributed by atoms with Crippen molar-refractivity contribution in [2.75, 3.05) is 5.32 Å². The summed E-state index contributed by atoms with van der Waals surface area (Å²) in [5, 5.41) is 3.56. The van der Waals surface area contributed by atoms with Crippen molar-refractivity contribution in [1.29, 1.82) is 0 Å². The minimum atomic E-state index is 0.552. The standard InChI is InChI=1S/C13H19BrN2/c1-10(11-5-3-2-4-6-11)16-13-7-12(14)8-15-9-13/h7-11,16H,2-6H2,1H3.